The molecule has 2 nitrogen and oxygen atoms in total. The molecule has 0 amide bonds. The molecule has 0 N–H and O–H groups in total. The van der Waals surface area contributed by atoms with Crippen molar-refractivity contribution in [3.05, 3.63) is 102 Å². The van der Waals surface area contributed by atoms with Gasteiger partial charge < -0.3 is 0 Å². The van der Waals surface area contributed by atoms with E-state index in [9.17, 15) is 4.79 Å². The van der Waals surface area contributed by atoms with E-state index >= 15 is 0 Å². The third kappa shape index (κ3) is 4.04. The first kappa shape index (κ1) is 17.6. The molecule has 0 bridgehead atoms. The molecule has 0 aliphatic rings. The van der Waals surface area contributed by atoms with Gasteiger partial charge in [-0.3, -0.25) is 4.42 Å². The lowest BCUT2D eigenvalue weighted by atomic mass is 10.0. The fourth-order valence-corrected chi connectivity index (χ4v) is 2.74. The van der Waals surface area contributed by atoms with E-state index in [2.05, 4.69) is 6.58 Å². The van der Waals surface area contributed by atoms with E-state index in [-0.39, 0.29) is 5.97 Å². The van der Waals surface area contributed by atoms with Crippen LogP contribution in [0.15, 0.2) is 85.4 Å². The Morgan fingerprint density at radius 3 is 1.96 bits per heavy atom. The van der Waals surface area contributed by atoms with Gasteiger partial charge in [0.1, 0.15) is 5.56 Å². The van der Waals surface area contributed by atoms with Crippen LogP contribution in [0.1, 0.15) is 39.3 Å². The maximum atomic E-state index is 12.5. The molecular formula is C24H21O2+. The van der Waals surface area contributed by atoms with Crippen LogP contribution in [0.5, 0.6) is 0 Å². The van der Waals surface area contributed by atoms with E-state index in [1.54, 1.807) is 12.1 Å². The van der Waals surface area contributed by atoms with Crippen LogP contribution in [0, 0.1) is 0 Å². The van der Waals surface area contributed by atoms with Crippen LogP contribution in [0.25, 0.3) is 17.2 Å². The highest BCUT2D eigenvalue weighted by atomic mass is 16.5. The maximum absolute atomic E-state index is 12.5. The first-order valence-electron chi connectivity index (χ1n) is 8.67. The highest BCUT2D eigenvalue weighted by Gasteiger charge is 2.20. The Bertz CT molecular complexity index is 918. The Balaban J connectivity index is 1.82. The normalized spacial score (nSPS) is 11.2. The number of rotatable bonds is 5. The molecule has 0 spiro atoms. The van der Waals surface area contributed by atoms with Crippen LogP contribution >= 0.6 is 0 Å². The van der Waals surface area contributed by atoms with Crippen molar-refractivity contribution in [1.29, 1.82) is 0 Å². The zero-order chi connectivity index (χ0) is 18.4. The van der Waals surface area contributed by atoms with E-state index in [1.807, 2.05) is 79.7 Å². The molecule has 0 saturated heterocycles. The Labute approximate surface area is 154 Å². The van der Waals surface area contributed by atoms with E-state index in [0.717, 1.165) is 22.3 Å². The number of carbonyl (C=O) groups excluding carboxylic acids is 2. The second-order valence-corrected chi connectivity index (χ2v) is 5.94. The van der Waals surface area contributed by atoms with Crippen LogP contribution in [0.3, 0.4) is 0 Å². The third-order valence-corrected chi connectivity index (χ3v) is 4.23. The molecule has 0 heterocycles. The van der Waals surface area contributed by atoms with Gasteiger partial charge in [0.15, 0.2) is 0 Å². The van der Waals surface area contributed by atoms with E-state index < -0.39 is 0 Å². The van der Waals surface area contributed by atoms with Crippen molar-refractivity contribution in [3.63, 3.8) is 0 Å². The fourth-order valence-electron chi connectivity index (χ4n) is 2.74. The summed E-state index contributed by atoms with van der Waals surface area (Å²) < 4.78 is 5.61. The topological polar surface area (TPSA) is 28.4 Å². The molecule has 0 aromatic heterocycles. The van der Waals surface area contributed by atoms with Crippen molar-refractivity contribution in [1.82, 2.24) is 0 Å². The average Bonchev–Trinajstić information content (AvgIpc) is 2.72. The molecule has 3 rings (SSSR count). The number of hydrogen-bond acceptors (Lipinski definition) is 1. The van der Waals surface area contributed by atoms with E-state index in [4.69, 9.17) is 4.42 Å². The number of benzene rings is 3. The summed E-state index contributed by atoms with van der Waals surface area (Å²) in [5, 5.41) is 0. The smallest absolute Gasteiger partial charge is 0.272 e. The van der Waals surface area contributed by atoms with Crippen molar-refractivity contribution in [2.24, 2.45) is 0 Å². The van der Waals surface area contributed by atoms with Gasteiger partial charge in [-0.15, -0.1) is 0 Å². The summed E-state index contributed by atoms with van der Waals surface area (Å²) in [6, 6.07) is 25.3. The SMILES string of the molecule is C=Cc1ccc(-c2ccc(C(=O)[O+]=C(CC)c3ccccc3)cc2)cc1. The summed E-state index contributed by atoms with van der Waals surface area (Å²) in [7, 11) is 0. The van der Waals surface area contributed by atoms with E-state index in [0.29, 0.717) is 17.8 Å². The largest absolute Gasteiger partial charge is 0.613 e. The van der Waals surface area contributed by atoms with Crippen molar-refractivity contribution in [3.8, 4) is 11.1 Å². The second-order valence-electron chi connectivity index (χ2n) is 5.94. The number of hydrogen-bond donors (Lipinski definition) is 0. The standard InChI is InChI=1S/C24H21O2/c1-3-18-10-12-19(13-11-18)20-14-16-22(17-15-20)24(25)26-23(4-2)21-8-6-5-7-9-21/h3,5-17H,1,4H2,2H3/q+1. The van der Waals surface area contributed by atoms with Gasteiger partial charge in [0.2, 0.25) is 5.78 Å². The van der Waals surface area contributed by atoms with Gasteiger partial charge in [-0.05, 0) is 41.0 Å². The molecule has 0 aliphatic carbocycles. The number of carbonyl (C=O) groups is 1. The summed E-state index contributed by atoms with van der Waals surface area (Å²) in [4.78, 5) is 12.5. The summed E-state index contributed by atoms with van der Waals surface area (Å²) in [5.41, 5.74) is 4.71. The summed E-state index contributed by atoms with van der Waals surface area (Å²) in [5.74, 6) is 0.346. The molecule has 0 radical (unpaired) electrons. The lowest BCUT2D eigenvalue weighted by Gasteiger charge is -2.02. The Kier molecular flexibility index (Phi) is 5.55. The second kappa shape index (κ2) is 8.21. The van der Waals surface area contributed by atoms with Crippen molar-refractivity contribution < 1.29 is 9.22 Å². The molecule has 3 aromatic rings. The molecule has 128 valence electrons. The van der Waals surface area contributed by atoms with Gasteiger partial charge in [-0.25, -0.2) is 0 Å². The van der Waals surface area contributed by atoms with Gasteiger partial charge in [-0.1, -0.05) is 74.2 Å². The lowest BCUT2D eigenvalue weighted by molar-refractivity contribution is -0.169. The van der Waals surface area contributed by atoms with Gasteiger partial charge in [0.05, 0.1) is 4.79 Å². The molecular weight excluding hydrogens is 320 g/mol. The van der Waals surface area contributed by atoms with Crippen LogP contribution in [0.2, 0.25) is 0 Å². The van der Waals surface area contributed by atoms with Crippen molar-refractivity contribution in [2.45, 2.75) is 13.3 Å². The zero-order valence-corrected chi connectivity index (χ0v) is 14.8. The maximum Gasteiger partial charge on any atom is 0.613 e. The first-order chi connectivity index (χ1) is 12.7. The summed E-state index contributed by atoms with van der Waals surface area (Å²) in [6.45, 7) is 5.74. The minimum absolute atomic E-state index is 0.334. The van der Waals surface area contributed by atoms with Gasteiger partial charge >= 0.3 is 5.97 Å². The quantitative estimate of drug-likeness (QED) is 0.415. The third-order valence-electron chi connectivity index (χ3n) is 4.23. The number of ketones is 1. The van der Waals surface area contributed by atoms with Gasteiger partial charge in [0.25, 0.3) is 0 Å². The molecule has 3 aromatic carbocycles. The minimum Gasteiger partial charge on any atom is -0.272 e. The van der Waals surface area contributed by atoms with E-state index in [1.165, 1.54) is 0 Å². The Morgan fingerprint density at radius 2 is 1.42 bits per heavy atom. The molecule has 2 heteroatoms. The first-order valence-corrected chi connectivity index (χ1v) is 8.67. The van der Waals surface area contributed by atoms with Crippen LogP contribution in [0.4, 0.5) is 0 Å². The minimum atomic E-state index is -0.334. The molecule has 0 unspecified atom stereocenters. The fraction of sp³-hybridized carbons (Fsp3) is 0.0833. The molecule has 0 atom stereocenters. The predicted octanol–water partition coefficient (Wildman–Crippen LogP) is 5.97. The highest BCUT2D eigenvalue weighted by molar-refractivity contribution is 6.00. The summed E-state index contributed by atoms with van der Waals surface area (Å²) >= 11 is 0. The van der Waals surface area contributed by atoms with Crippen molar-refractivity contribution >= 4 is 17.8 Å². The molecule has 0 fully saturated rings. The monoisotopic (exact) mass is 341 g/mol. The Hall–Kier alpha value is -3.26. The predicted molar refractivity (Wildman–Crippen MR) is 107 cm³/mol. The highest BCUT2D eigenvalue weighted by Crippen LogP contribution is 2.21. The van der Waals surface area contributed by atoms with Crippen LogP contribution in [-0.2, 0) is 0 Å². The Morgan fingerprint density at radius 1 is 0.846 bits per heavy atom. The zero-order valence-electron chi connectivity index (χ0n) is 14.8. The van der Waals surface area contributed by atoms with Gasteiger partial charge in [-0.2, -0.15) is 0 Å². The summed E-state index contributed by atoms with van der Waals surface area (Å²) in [6.07, 6.45) is 2.47. The molecule has 0 aliphatic heterocycles. The lowest BCUT2D eigenvalue weighted by Crippen LogP contribution is -2.05. The van der Waals surface area contributed by atoms with Gasteiger partial charge in [0, 0.05) is 12.0 Å². The van der Waals surface area contributed by atoms with Crippen molar-refractivity contribution in [2.75, 3.05) is 0 Å². The van der Waals surface area contributed by atoms with Crippen LogP contribution in [-0.4, -0.2) is 11.8 Å². The molecule has 26 heavy (non-hydrogen) atoms. The molecule has 0 saturated carbocycles. The van der Waals surface area contributed by atoms with Crippen LogP contribution < -0.4 is 0 Å². The average molecular weight is 341 g/mol.